The van der Waals surface area contributed by atoms with Gasteiger partial charge >= 0.3 is 5.97 Å². The summed E-state index contributed by atoms with van der Waals surface area (Å²) < 4.78 is 5.03. The van der Waals surface area contributed by atoms with Gasteiger partial charge in [0.2, 0.25) is 0 Å². The summed E-state index contributed by atoms with van der Waals surface area (Å²) in [5.74, 6) is -0.985. The molecule has 0 aliphatic carbocycles. The summed E-state index contributed by atoms with van der Waals surface area (Å²) in [5.41, 5.74) is 3.06. The van der Waals surface area contributed by atoms with Gasteiger partial charge in [-0.1, -0.05) is 48.0 Å². The Kier molecular flexibility index (Phi) is 4.56. The molecule has 2 aromatic carbocycles. The molecule has 3 rings (SSSR count). The number of para-hydroxylation sites is 1. The van der Waals surface area contributed by atoms with Gasteiger partial charge in [0, 0.05) is 11.9 Å². The van der Waals surface area contributed by atoms with E-state index in [9.17, 15) is 9.59 Å². The van der Waals surface area contributed by atoms with E-state index in [0.29, 0.717) is 11.9 Å². The van der Waals surface area contributed by atoms with Gasteiger partial charge in [-0.3, -0.25) is 9.89 Å². The molecule has 3 aromatic rings. The average Bonchev–Trinajstić information content (AvgIpc) is 3.03. The van der Waals surface area contributed by atoms with Crippen molar-refractivity contribution in [3.8, 4) is 0 Å². The number of carbonyl (C=O) groups excluding carboxylic acids is 2. The molecule has 0 bridgehead atoms. The molecular weight excluding hydrogens is 306 g/mol. The summed E-state index contributed by atoms with van der Waals surface area (Å²) in [7, 11) is 0. The molecule has 6 nitrogen and oxygen atoms in total. The smallest absolute Gasteiger partial charge is 0.359 e. The molecule has 2 N–H and O–H groups in total. The fraction of sp³-hybridized carbons (Fsp3) is 0.167. The zero-order valence-corrected chi connectivity index (χ0v) is 13.2. The first-order valence-corrected chi connectivity index (χ1v) is 7.56. The van der Waals surface area contributed by atoms with Crippen LogP contribution in [0, 0.1) is 6.92 Å². The zero-order valence-electron chi connectivity index (χ0n) is 13.2. The molecular formula is C18H17N3O3. The maximum atomic E-state index is 12.1. The van der Waals surface area contributed by atoms with E-state index < -0.39 is 5.97 Å². The van der Waals surface area contributed by atoms with Gasteiger partial charge in [-0.2, -0.15) is 5.10 Å². The highest BCUT2D eigenvalue weighted by molar-refractivity contribution is 6.02. The fourth-order valence-electron chi connectivity index (χ4n) is 2.28. The Morgan fingerprint density at radius 1 is 1.12 bits per heavy atom. The van der Waals surface area contributed by atoms with Crippen molar-refractivity contribution in [3.63, 3.8) is 0 Å². The fourth-order valence-corrected chi connectivity index (χ4v) is 2.28. The van der Waals surface area contributed by atoms with Crippen LogP contribution in [0.25, 0.3) is 10.9 Å². The van der Waals surface area contributed by atoms with Crippen LogP contribution in [-0.2, 0) is 16.1 Å². The van der Waals surface area contributed by atoms with Gasteiger partial charge in [0.05, 0.1) is 5.52 Å². The first-order chi connectivity index (χ1) is 11.6. The summed E-state index contributed by atoms with van der Waals surface area (Å²) >= 11 is 0. The molecule has 1 amide bonds. The number of hydrogen-bond acceptors (Lipinski definition) is 4. The largest absolute Gasteiger partial charge is 0.451 e. The molecule has 24 heavy (non-hydrogen) atoms. The van der Waals surface area contributed by atoms with Crippen LogP contribution < -0.4 is 5.32 Å². The molecule has 122 valence electrons. The van der Waals surface area contributed by atoms with Crippen molar-refractivity contribution in [3.05, 3.63) is 65.4 Å². The van der Waals surface area contributed by atoms with Crippen LogP contribution in [0.3, 0.4) is 0 Å². The van der Waals surface area contributed by atoms with Gasteiger partial charge in [-0.05, 0) is 18.6 Å². The molecule has 0 radical (unpaired) electrons. The first-order valence-electron chi connectivity index (χ1n) is 7.56. The third-order valence-corrected chi connectivity index (χ3v) is 3.61. The van der Waals surface area contributed by atoms with Crippen molar-refractivity contribution in [2.45, 2.75) is 13.5 Å². The quantitative estimate of drug-likeness (QED) is 0.706. The van der Waals surface area contributed by atoms with E-state index >= 15 is 0 Å². The topological polar surface area (TPSA) is 84.1 Å². The number of rotatable bonds is 5. The monoisotopic (exact) mass is 323 g/mol. The van der Waals surface area contributed by atoms with E-state index in [1.54, 1.807) is 6.07 Å². The first kappa shape index (κ1) is 15.7. The normalized spacial score (nSPS) is 10.5. The molecule has 0 spiro atoms. The van der Waals surface area contributed by atoms with Crippen LogP contribution in [0.2, 0.25) is 0 Å². The Balaban J connectivity index is 1.52. The van der Waals surface area contributed by atoms with Gasteiger partial charge in [0.15, 0.2) is 12.3 Å². The minimum Gasteiger partial charge on any atom is -0.451 e. The van der Waals surface area contributed by atoms with E-state index in [0.717, 1.165) is 16.6 Å². The van der Waals surface area contributed by atoms with Crippen molar-refractivity contribution in [1.82, 2.24) is 15.5 Å². The van der Waals surface area contributed by atoms with Gasteiger partial charge in [-0.15, -0.1) is 0 Å². The maximum Gasteiger partial charge on any atom is 0.359 e. The van der Waals surface area contributed by atoms with Gasteiger partial charge in [0.1, 0.15) is 0 Å². The molecule has 1 aromatic heterocycles. The highest BCUT2D eigenvalue weighted by Gasteiger charge is 2.16. The number of carbonyl (C=O) groups is 2. The highest BCUT2D eigenvalue weighted by atomic mass is 16.5. The standard InChI is InChI=1S/C18H17N3O3/c1-12-6-8-13(9-7-12)10-19-16(22)11-24-18(23)17-14-4-2-3-5-15(14)20-21-17/h2-9H,10-11H2,1H3,(H,19,22)(H,20,21). The second-order valence-electron chi connectivity index (χ2n) is 5.46. The zero-order chi connectivity index (χ0) is 16.9. The number of esters is 1. The number of aromatic nitrogens is 2. The number of aryl methyl sites for hydroxylation is 1. The third-order valence-electron chi connectivity index (χ3n) is 3.61. The average molecular weight is 323 g/mol. The Bertz CT molecular complexity index is 869. The highest BCUT2D eigenvalue weighted by Crippen LogP contribution is 2.15. The van der Waals surface area contributed by atoms with E-state index in [1.165, 1.54) is 0 Å². The number of H-pyrrole nitrogens is 1. The molecule has 0 saturated heterocycles. The minimum atomic E-state index is -0.627. The Morgan fingerprint density at radius 2 is 1.88 bits per heavy atom. The predicted molar refractivity (Wildman–Crippen MR) is 89.4 cm³/mol. The number of benzene rings is 2. The van der Waals surface area contributed by atoms with Crippen LogP contribution in [0.5, 0.6) is 0 Å². The molecule has 0 atom stereocenters. The van der Waals surface area contributed by atoms with E-state index in [2.05, 4.69) is 15.5 Å². The number of ether oxygens (including phenoxy) is 1. The number of nitrogens with one attached hydrogen (secondary N) is 2. The number of nitrogens with zero attached hydrogens (tertiary/aromatic N) is 1. The van der Waals surface area contributed by atoms with E-state index in [1.807, 2.05) is 49.4 Å². The summed E-state index contributed by atoms with van der Waals surface area (Å²) in [6.07, 6.45) is 0. The van der Waals surface area contributed by atoms with Crippen LogP contribution in [0.15, 0.2) is 48.5 Å². The van der Waals surface area contributed by atoms with E-state index in [-0.39, 0.29) is 18.2 Å². The number of amides is 1. The summed E-state index contributed by atoms with van der Waals surface area (Å²) in [6.45, 7) is 2.05. The molecule has 0 aliphatic rings. The van der Waals surface area contributed by atoms with Gasteiger partial charge in [0.25, 0.3) is 5.91 Å². The van der Waals surface area contributed by atoms with Gasteiger partial charge < -0.3 is 10.1 Å². The predicted octanol–water partition coefficient (Wildman–Crippen LogP) is 2.34. The van der Waals surface area contributed by atoms with Crippen LogP contribution in [0.4, 0.5) is 0 Å². The number of fused-ring (bicyclic) bond motifs is 1. The van der Waals surface area contributed by atoms with Crippen molar-refractivity contribution in [2.75, 3.05) is 6.61 Å². The van der Waals surface area contributed by atoms with Crippen LogP contribution >= 0.6 is 0 Å². The molecule has 0 saturated carbocycles. The lowest BCUT2D eigenvalue weighted by molar-refractivity contribution is -0.124. The summed E-state index contributed by atoms with van der Waals surface area (Å²) in [6, 6.07) is 15.1. The Labute approximate surface area is 138 Å². The SMILES string of the molecule is Cc1ccc(CNC(=O)COC(=O)c2n[nH]c3ccccc23)cc1. The Hall–Kier alpha value is -3.15. The van der Waals surface area contributed by atoms with Crippen LogP contribution in [-0.4, -0.2) is 28.7 Å². The second kappa shape index (κ2) is 6.95. The van der Waals surface area contributed by atoms with Gasteiger partial charge in [-0.25, -0.2) is 4.79 Å². The lowest BCUT2D eigenvalue weighted by Crippen LogP contribution is -2.28. The van der Waals surface area contributed by atoms with Crippen molar-refractivity contribution in [2.24, 2.45) is 0 Å². The number of hydrogen-bond donors (Lipinski definition) is 2. The molecule has 0 unspecified atom stereocenters. The molecule has 1 heterocycles. The lowest BCUT2D eigenvalue weighted by atomic mass is 10.1. The van der Waals surface area contributed by atoms with E-state index in [4.69, 9.17) is 4.74 Å². The summed E-state index contributed by atoms with van der Waals surface area (Å²) in [4.78, 5) is 23.9. The molecule has 0 fully saturated rings. The molecule has 6 heteroatoms. The third kappa shape index (κ3) is 3.60. The van der Waals surface area contributed by atoms with Crippen molar-refractivity contribution >= 4 is 22.8 Å². The van der Waals surface area contributed by atoms with Crippen molar-refractivity contribution in [1.29, 1.82) is 0 Å². The number of aromatic amines is 1. The Morgan fingerprint density at radius 3 is 2.67 bits per heavy atom. The second-order valence-corrected chi connectivity index (χ2v) is 5.46. The minimum absolute atomic E-state index is 0.178. The van der Waals surface area contributed by atoms with Crippen LogP contribution in [0.1, 0.15) is 21.6 Å². The molecule has 0 aliphatic heterocycles. The lowest BCUT2D eigenvalue weighted by Gasteiger charge is -2.06. The van der Waals surface area contributed by atoms with Crippen molar-refractivity contribution < 1.29 is 14.3 Å². The maximum absolute atomic E-state index is 12.1. The summed E-state index contributed by atoms with van der Waals surface area (Å²) in [5, 5.41) is 10.1.